The van der Waals surface area contributed by atoms with E-state index >= 15 is 0 Å². The van der Waals surface area contributed by atoms with E-state index < -0.39 is 0 Å². The standard InChI is InChI=1S/C21H22N6O/c1-12-15-6-5-13(9-19(15)27(2)26-12)21(28)25-20-10-17-14(11-23-20)8-18(24-17)16-4-3-7-22-16/h5-6,8-11,16,22,24H,3-4,7H2,1-2H3,(H,23,25,28)/t16-/m1/s1. The molecule has 0 aliphatic carbocycles. The molecule has 3 N–H and O–H groups in total. The van der Waals surface area contributed by atoms with Crippen LogP contribution in [0.1, 0.15) is 40.6 Å². The van der Waals surface area contributed by atoms with Crippen molar-refractivity contribution >= 4 is 33.5 Å². The molecule has 0 unspecified atom stereocenters. The van der Waals surface area contributed by atoms with Crippen LogP contribution in [0.25, 0.3) is 21.8 Å². The maximum Gasteiger partial charge on any atom is 0.256 e. The van der Waals surface area contributed by atoms with Crippen LogP contribution in [0.4, 0.5) is 5.82 Å². The number of carbonyl (C=O) groups is 1. The molecule has 1 aliphatic rings. The summed E-state index contributed by atoms with van der Waals surface area (Å²) in [6.07, 6.45) is 4.13. The van der Waals surface area contributed by atoms with Crippen LogP contribution in [-0.2, 0) is 7.05 Å². The first-order valence-corrected chi connectivity index (χ1v) is 9.55. The van der Waals surface area contributed by atoms with Gasteiger partial charge in [0.2, 0.25) is 0 Å². The highest BCUT2D eigenvalue weighted by atomic mass is 16.1. The number of nitrogens with zero attached hydrogens (tertiary/aromatic N) is 3. The summed E-state index contributed by atoms with van der Waals surface area (Å²) in [6, 6.07) is 10.0. The number of fused-ring (bicyclic) bond motifs is 2. The maximum atomic E-state index is 12.7. The molecule has 1 amide bonds. The second-order valence-electron chi connectivity index (χ2n) is 7.43. The number of carbonyl (C=O) groups excluding carboxylic acids is 1. The lowest BCUT2D eigenvalue weighted by Gasteiger charge is -2.06. The average Bonchev–Trinajstić information content (AvgIpc) is 3.41. The number of rotatable bonds is 3. The molecule has 28 heavy (non-hydrogen) atoms. The third kappa shape index (κ3) is 2.84. The van der Waals surface area contributed by atoms with E-state index in [1.54, 1.807) is 10.9 Å². The highest BCUT2D eigenvalue weighted by molar-refractivity contribution is 6.06. The molecule has 5 rings (SSSR count). The zero-order valence-electron chi connectivity index (χ0n) is 15.9. The summed E-state index contributed by atoms with van der Waals surface area (Å²) in [5, 5.41) is 12.9. The van der Waals surface area contributed by atoms with Gasteiger partial charge in [-0.05, 0) is 44.5 Å². The van der Waals surface area contributed by atoms with Crippen molar-refractivity contribution in [1.29, 1.82) is 0 Å². The van der Waals surface area contributed by atoms with E-state index in [0.717, 1.165) is 40.5 Å². The molecule has 1 aromatic carbocycles. The van der Waals surface area contributed by atoms with Gasteiger partial charge in [0.05, 0.1) is 16.7 Å². The van der Waals surface area contributed by atoms with Crippen molar-refractivity contribution < 1.29 is 4.79 Å². The summed E-state index contributed by atoms with van der Waals surface area (Å²) in [5.74, 6) is 0.350. The molecule has 3 aromatic heterocycles. The fraction of sp³-hybridized carbons (Fsp3) is 0.286. The molecule has 4 aromatic rings. The lowest BCUT2D eigenvalue weighted by Crippen LogP contribution is -2.13. The van der Waals surface area contributed by atoms with E-state index in [4.69, 9.17) is 0 Å². The van der Waals surface area contributed by atoms with E-state index in [-0.39, 0.29) is 5.91 Å². The number of benzene rings is 1. The second-order valence-corrected chi connectivity index (χ2v) is 7.43. The van der Waals surface area contributed by atoms with E-state index in [2.05, 4.69) is 31.8 Å². The molecular weight excluding hydrogens is 352 g/mol. The van der Waals surface area contributed by atoms with Crippen molar-refractivity contribution in [2.45, 2.75) is 25.8 Å². The van der Waals surface area contributed by atoms with Gasteiger partial charge in [0.1, 0.15) is 5.82 Å². The first-order valence-electron chi connectivity index (χ1n) is 9.55. The predicted molar refractivity (Wildman–Crippen MR) is 109 cm³/mol. The van der Waals surface area contributed by atoms with Gasteiger partial charge in [0, 0.05) is 47.4 Å². The highest BCUT2D eigenvalue weighted by Gasteiger charge is 2.18. The van der Waals surface area contributed by atoms with Crippen molar-refractivity contribution in [3.8, 4) is 0 Å². The smallest absolute Gasteiger partial charge is 0.256 e. The molecule has 0 bridgehead atoms. The van der Waals surface area contributed by atoms with E-state index in [1.165, 1.54) is 12.1 Å². The van der Waals surface area contributed by atoms with Gasteiger partial charge >= 0.3 is 0 Å². The van der Waals surface area contributed by atoms with E-state index in [9.17, 15) is 4.79 Å². The second kappa shape index (κ2) is 6.45. The van der Waals surface area contributed by atoms with Crippen LogP contribution in [0.2, 0.25) is 0 Å². The van der Waals surface area contributed by atoms with Crippen LogP contribution in [0.5, 0.6) is 0 Å². The SMILES string of the molecule is Cc1nn(C)c2cc(C(=O)Nc3cc4[nH]c([C@H]5CCCN5)cc4cn3)ccc12. The lowest BCUT2D eigenvalue weighted by atomic mass is 10.1. The summed E-state index contributed by atoms with van der Waals surface area (Å²) in [5.41, 5.74) is 4.63. The normalized spacial score (nSPS) is 16.9. The molecular formula is C21H22N6O. The quantitative estimate of drug-likeness (QED) is 0.513. The number of H-pyrrole nitrogens is 1. The maximum absolute atomic E-state index is 12.7. The van der Waals surface area contributed by atoms with Crippen molar-refractivity contribution in [2.75, 3.05) is 11.9 Å². The molecule has 1 aliphatic heterocycles. The van der Waals surface area contributed by atoms with Gasteiger partial charge in [-0.25, -0.2) is 4.98 Å². The Morgan fingerprint density at radius 1 is 1.29 bits per heavy atom. The fourth-order valence-electron chi connectivity index (χ4n) is 4.02. The monoisotopic (exact) mass is 374 g/mol. The number of hydrogen-bond acceptors (Lipinski definition) is 4. The van der Waals surface area contributed by atoms with Crippen LogP contribution in [0.3, 0.4) is 0 Å². The number of nitrogens with one attached hydrogen (secondary N) is 3. The Kier molecular flexibility index (Phi) is 3.91. The fourth-order valence-corrected chi connectivity index (χ4v) is 4.02. The van der Waals surface area contributed by atoms with E-state index in [0.29, 0.717) is 17.4 Å². The number of aromatic amines is 1. The number of aryl methyl sites for hydroxylation is 2. The number of aromatic nitrogens is 4. The first kappa shape index (κ1) is 16.9. The summed E-state index contributed by atoms with van der Waals surface area (Å²) in [7, 11) is 1.88. The van der Waals surface area contributed by atoms with Crippen LogP contribution in [0.15, 0.2) is 36.5 Å². The highest BCUT2D eigenvalue weighted by Crippen LogP contribution is 2.27. The van der Waals surface area contributed by atoms with Crippen LogP contribution < -0.4 is 10.6 Å². The molecule has 4 heterocycles. The Balaban J connectivity index is 1.41. The van der Waals surface area contributed by atoms with Crippen LogP contribution >= 0.6 is 0 Å². The Morgan fingerprint density at radius 3 is 3.00 bits per heavy atom. The van der Waals surface area contributed by atoms with Gasteiger partial charge in [0.15, 0.2) is 0 Å². The van der Waals surface area contributed by atoms with Gasteiger partial charge in [-0.2, -0.15) is 5.10 Å². The van der Waals surface area contributed by atoms with Crippen LogP contribution in [0, 0.1) is 6.92 Å². The molecule has 1 atom stereocenters. The van der Waals surface area contributed by atoms with Gasteiger partial charge in [-0.1, -0.05) is 6.07 Å². The lowest BCUT2D eigenvalue weighted by molar-refractivity contribution is 0.102. The topological polar surface area (TPSA) is 87.6 Å². The van der Waals surface area contributed by atoms with Crippen molar-refractivity contribution in [1.82, 2.24) is 25.1 Å². The number of pyridine rings is 1. The molecule has 1 saturated heterocycles. The molecule has 0 spiro atoms. The molecule has 7 heteroatoms. The van der Waals surface area contributed by atoms with Crippen molar-refractivity contribution in [2.24, 2.45) is 7.05 Å². The average molecular weight is 374 g/mol. The third-order valence-corrected chi connectivity index (χ3v) is 5.50. The summed E-state index contributed by atoms with van der Waals surface area (Å²) >= 11 is 0. The van der Waals surface area contributed by atoms with Gasteiger partial charge in [-0.3, -0.25) is 9.48 Å². The minimum atomic E-state index is -0.183. The van der Waals surface area contributed by atoms with Gasteiger partial charge in [-0.15, -0.1) is 0 Å². The van der Waals surface area contributed by atoms with Crippen LogP contribution in [-0.4, -0.2) is 32.2 Å². The zero-order valence-corrected chi connectivity index (χ0v) is 15.9. The third-order valence-electron chi connectivity index (χ3n) is 5.50. The number of hydrogen-bond donors (Lipinski definition) is 3. The predicted octanol–water partition coefficient (Wildman–Crippen LogP) is 3.43. The zero-order chi connectivity index (χ0) is 19.3. The van der Waals surface area contributed by atoms with Gasteiger partial charge in [0.25, 0.3) is 5.91 Å². The molecule has 1 fully saturated rings. The van der Waals surface area contributed by atoms with E-state index in [1.807, 2.05) is 38.2 Å². The summed E-state index contributed by atoms with van der Waals surface area (Å²) in [6.45, 7) is 3.02. The molecule has 7 nitrogen and oxygen atoms in total. The minimum Gasteiger partial charge on any atom is -0.357 e. The Labute approximate surface area is 162 Å². The summed E-state index contributed by atoms with van der Waals surface area (Å²) < 4.78 is 1.79. The van der Waals surface area contributed by atoms with Crippen molar-refractivity contribution in [3.05, 3.63) is 53.5 Å². The molecule has 0 saturated carbocycles. The summed E-state index contributed by atoms with van der Waals surface area (Å²) in [4.78, 5) is 20.6. The Hall–Kier alpha value is -3.19. The molecule has 142 valence electrons. The van der Waals surface area contributed by atoms with Gasteiger partial charge < -0.3 is 15.6 Å². The first-order chi connectivity index (χ1) is 13.6. The largest absolute Gasteiger partial charge is 0.357 e. The Morgan fingerprint density at radius 2 is 2.18 bits per heavy atom. The number of anilines is 1. The molecule has 0 radical (unpaired) electrons. The van der Waals surface area contributed by atoms with Crippen molar-refractivity contribution in [3.63, 3.8) is 0 Å². The number of amides is 1. The Bertz CT molecular complexity index is 1200. The minimum absolute atomic E-state index is 0.183.